The van der Waals surface area contributed by atoms with Crippen molar-refractivity contribution in [3.63, 3.8) is 0 Å². The minimum atomic E-state index is 0.571. The molecule has 20 rings (SSSR count). The molecule has 0 saturated heterocycles. The van der Waals surface area contributed by atoms with Crippen molar-refractivity contribution in [2.45, 2.75) is 159 Å². The van der Waals surface area contributed by atoms with E-state index in [1.807, 2.05) is 118 Å². The van der Waals surface area contributed by atoms with E-state index in [0.29, 0.717) is 65.2 Å². The molecule has 656 valence electrons. The molecule has 5 aromatic carbocycles. The lowest BCUT2D eigenvalue weighted by molar-refractivity contribution is 0.278. The highest BCUT2D eigenvalue weighted by Crippen LogP contribution is 2.43. The number of hydrogen-bond donors (Lipinski definition) is 12. The molecule has 2 saturated carbocycles. The fourth-order valence-corrected chi connectivity index (χ4v) is 21.6. The van der Waals surface area contributed by atoms with Gasteiger partial charge in [-0.15, -0.1) is 56.7 Å². The van der Waals surface area contributed by atoms with Gasteiger partial charge in [0.1, 0.15) is 29.2 Å². The van der Waals surface area contributed by atoms with E-state index in [0.717, 1.165) is 107 Å². The highest BCUT2D eigenvalue weighted by Gasteiger charge is 2.28. The number of thiophene rings is 5. The van der Waals surface area contributed by atoms with E-state index in [9.17, 15) is 0 Å². The summed E-state index contributed by atoms with van der Waals surface area (Å²) in [5.41, 5.74) is 52.2. The summed E-state index contributed by atoms with van der Waals surface area (Å²) in [5, 5.41) is 23.2. The van der Waals surface area contributed by atoms with Crippen molar-refractivity contribution in [2.75, 3.05) is 42.3 Å². The molecule has 5 aliphatic rings. The molecule has 10 heterocycles. The Labute approximate surface area is 765 Å². The summed E-state index contributed by atoms with van der Waals surface area (Å²) < 4.78 is 0. The Morgan fingerprint density at radius 2 is 0.622 bits per heavy atom. The predicted molar refractivity (Wildman–Crippen MR) is 547 cm³/mol. The van der Waals surface area contributed by atoms with E-state index in [-0.39, 0.29) is 0 Å². The lowest BCUT2D eigenvalue weighted by Crippen LogP contribution is -2.29. The third-order valence-electron chi connectivity index (χ3n) is 26.0. The van der Waals surface area contributed by atoms with Crippen LogP contribution in [0.4, 0.5) is 28.4 Å². The van der Waals surface area contributed by atoms with E-state index in [1.54, 1.807) is 56.7 Å². The van der Waals surface area contributed by atoms with Crippen molar-refractivity contribution in [1.82, 2.24) is 45.4 Å². The maximum absolute atomic E-state index is 6.15. The summed E-state index contributed by atoms with van der Waals surface area (Å²) >= 11 is 8.06. The number of aliphatic imine (C=N–C) groups is 5. The molecule has 10 aromatic heterocycles. The summed E-state index contributed by atoms with van der Waals surface area (Å²) in [4.78, 5) is 49.8. The van der Waals surface area contributed by atoms with Crippen LogP contribution in [0, 0.1) is 5.92 Å². The van der Waals surface area contributed by atoms with Gasteiger partial charge in [-0.25, -0.2) is 25.0 Å². The summed E-state index contributed by atoms with van der Waals surface area (Å²) in [6.45, 7) is 2.29. The molecule has 3 atom stereocenters. The van der Waals surface area contributed by atoms with E-state index in [1.165, 1.54) is 166 Å². The zero-order valence-corrected chi connectivity index (χ0v) is 77.8. The van der Waals surface area contributed by atoms with Crippen molar-refractivity contribution in [3.8, 4) is 0 Å². The lowest BCUT2D eigenvalue weighted by Gasteiger charge is -2.28. The van der Waals surface area contributed by atoms with Gasteiger partial charge < -0.3 is 74.0 Å². The van der Waals surface area contributed by atoms with Gasteiger partial charge >= 0.3 is 0 Å². The van der Waals surface area contributed by atoms with Crippen molar-refractivity contribution in [1.29, 1.82) is 0 Å². The molecule has 0 aliphatic heterocycles. The summed E-state index contributed by atoms with van der Waals surface area (Å²) in [6.07, 6.45) is 39.7. The Morgan fingerprint density at radius 1 is 0.346 bits per heavy atom. The molecule has 0 spiro atoms. The van der Waals surface area contributed by atoms with Crippen molar-refractivity contribution in [2.24, 2.45) is 59.5 Å². The van der Waals surface area contributed by atoms with Gasteiger partial charge in [0.05, 0.1) is 52.8 Å². The van der Waals surface area contributed by atoms with Crippen molar-refractivity contribution in [3.05, 3.63) is 280 Å². The lowest BCUT2D eigenvalue weighted by atomic mass is 9.81. The second-order valence-electron chi connectivity index (χ2n) is 34.3. The highest BCUT2D eigenvalue weighted by atomic mass is 32.1. The largest absolute Gasteiger partial charge is 0.383 e. The highest BCUT2D eigenvalue weighted by molar-refractivity contribution is 7.13. The Morgan fingerprint density at radius 3 is 0.866 bits per heavy atom. The molecule has 15 aromatic rings. The standard InChI is InChI=1S/2C21H24N4S.C21H23N3S.2C20H24N4S/c2*1-25(2)16-8-5-14(6-9-16)18-13-23-19-10-7-15(12-17(18)19)24-21(22)20-4-3-11-26-20;1-2-14-5-7-15(8-6-14)18-13-23-19-10-9-16(12-17(18)19)24-21(22)20-4-3-11-25-20;2*1-22-14-6-4-13(5-7-14)17-12-23-18-9-8-15(11-16(17)18)24-20(21)19-3-2-10-25-19/h2*3-5,7,10-13,16,23H,6,8-9H2,1-2H3,(H2,22,24);3-4,7,9-14,23H,2,5-6,8H2,1H3,(H2,22,24);2*2-3,8-14,22-23H,4-7H2,1H3,(H2,21,24). The van der Waals surface area contributed by atoms with Crippen LogP contribution in [-0.4, -0.2) is 130 Å². The van der Waals surface area contributed by atoms with Gasteiger partial charge in [-0.05, 0) is 345 Å². The fourth-order valence-electron chi connectivity index (χ4n) is 18.5. The molecule has 0 bridgehead atoms. The number of H-pyrrole nitrogens is 5. The van der Waals surface area contributed by atoms with Crippen molar-refractivity contribution >= 4 is 186 Å². The molecule has 0 radical (unpaired) electrons. The Kier molecular flexibility index (Phi) is 29.5. The second-order valence-corrected chi connectivity index (χ2v) is 39.0. The van der Waals surface area contributed by atoms with Crippen LogP contribution in [0.5, 0.6) is 0 Å². The van der Waals surface area contributed by atoms with Gasteiger partial charge in [0.15, 0.2) is 0 Å². The number of nitrogens with zero attached hydrogens (tertiary/aromatic N) is 7. The van der Waals surface area contributed by atoms with E-state index in [2.05, 4.69) is 229 Å². The zero-order valence-electron chi connectivity index (χ0n) is 73.8. The average Bonchev–Trinajstić information content (AvgIpc) is 1.68. The van der Waals surface area contributed by atoms with Gasteiger partial charge in [-0.2, -0.15) is 0 Å². The number of nitrogens with one attached hydrogen (secondary N) is 7. The first-order valence-corrected chi connectivity index (χ1v) is 49.1. The van der Waals surface area contributed by atoms with Crippen LogP contribution >= 0.6 is 56.7 Å². The Balaban J connectivity index is 0.000000117. The maximum Gasteiger partial charge on any atom is 0.141 e. The number of aromatic amines is 5. The summed E-state index contributed by atoms with van der Waals surface area (Å²) in [7, 11) is 12.8. The molecule has 24 heteroatoms. The first-order chi connectivity index (χ1) is 62.0. The number of fused-ring (bicyclic) bond motifs is 5. The smallest absolute Gasteiger partial charge is 0.141 e. The molecular formula is C103H119N19S5. The van der Waals surface area contributed by atoms with Gasteiger partial charge in [-0.1, -0.05) is 61.9 Å². The molecule has 5 aliphatic carbocycles. The van der Waals surface area contributed by atoms with Gasteiger partial charge in [0.25, 0.3) is 0 Å². The maximum atomic E-state index is 6.15. The van der Waals surface area contributed by atoms with Crippen LogP contribution in [0.1, 0.15) is 187 Å². The number of amidine groups is 5. The molecule has 127 heavy (non-hydrogen) atoms. The monoisotopic (exact) mass is 1780 g/mol. The first-order valence-electron chi connectivity index (χ1n) is 44.7. The minimum Gasteiger partial charge on any atom is -0.383 e. The normalized spacial score (nSPS) is 19.8. The van der Waals surface area contributed by atoms with Crippen LogP contribution in [0.25, 0.3) is 71.2 Å². The summed E-state index contributed by atoms with van der Waals surface area (Å²) in [5.74, 6) is 5.00. The number of nitrogens with two attached hydrogens (primary N) is 5. The first kappa shape index (κ1) is 89.1. The SMILES string of the molecule is CCC1CC=C(c2c[nH]c3ccc(N=C(N)c4cccs4)cc23)CC1.CN(C)C1CC=C(c2c[nH]c3ccc(N=C(N)c4cccs4)cc23)CC1.CN(C)C1CC=C(c2c[nH]c3ccc(N=C(N)c4cccs4)cc23)CC1.CNC1CCC(c2c[nH]c3ccc(N=C(N)c4cccs4)cc23)CC1.CNC1CCC(c2c[nH]c3ccc(N=C(N)c4cccs4)cc23)CC1. The van der Waals surface area contributed by atoms with Crippen LogP contribution in [0.15, 0.2) is 253 Å². The van der Waals surface area contributed by atoms with Crippen LogP contribution in [0.2, 0.25) is 0 Å². The number of benzene rings is 5. The van der Waals surface area contributed by atoms with Crippen LogP contribution in [-0.2, 0) is 0 Å². The van der Waals surface area contributed by atoms with Crippen LogP contribution in [0.3, 0.4) is 0 Å². The van der Waals surface area contributed by atoms with E-state index >= 15 is 0 Å². The topological polar surface area (TPSA) is 301 Å². The third-order valence-corrected chi connectivity index (χ3v) is 30.5. The number of allylic oxidation sites excluding steroid dienone is 4. The second kappa shape index (κ2) is 42.1. The van der Waals surface area contributed by atoms with E-state index < -0.39 is 0 Å². The fraction of sp³-hybridized carbons (Fsp3) is 0.311. The third kappa shape index (κ3) is 21.9. The van der Waals surface area contributed by atoms with Crippen LogP contribution < -0.4 is 39.3 Å². The van der Waals surface area contributed by atoms with Gasteiger partial charge in [0.2, 0.25) is 0 Å². The van der Waals surface area contributed by atoms with E-state index in [4.69, 9.17) is 28.7 Å². The molecule has 0 amide bonds. The molecule has 2 fully saturated rings. The number of aromatic nitrogens is 5. The van der Waals surface area contributed by atoms with Gasteiger partial charge in [-0.3, -0.25) is 0 Å². The zero-order chi connectivity index (χ0) is 87.9. The number of rotatable bonds is 20. The molecule has 19 nitrogen and oxygen atoms in total. The average molecular weight is 1780 g/mol. The molecular weight excluding hydrogens is 1660 g/mol. The number of hydrogen-bond acceptors (Lipinski definition) is 14. The summed E-state index contributed by atoms with van der Waals surface area (Å²) in [6, 6.07) is 54.0. The molecule has 3 unspecified atom stereocenters. The van der Waals surface area contributed by atoms with Gasteiger partial charge in [0, 0.05) is 126 Å². The molecule has 17 N–H and O–H groups in total. The Bertz CT molecular complexity index is 6090. The minimum absolute atomic E-state index is 0.571. The predicted octanol–water partition coefficient (Wildman–Crippen LogP) is 24.4. The quantitative estimate of drug-likeness (QED) is 0.0255. The van der Waals surface area contributed by atoms with Crippen molar-refractivity contribution < 1.29 is 0 Å². The Hall–Kier alpha value is -11.3.